The van der Waals surface area contributed by atoms with Crippen LogP contribution in [0.15, 0.2) is 53.5 Å². The summed E-state index contributed by atoms with van der Waals surface area (Å²) in [4.78, 5) is 60.7. The number of aromatic nitrogens is 3. The van der Waals surface area contributed by atoms with E-state index in [1.807, 2.05) is 43.3 Å². The van der Waals surface area contributed by atoms with Crippen LogP contribution in [0.5, 0.6) is 0 Å². The second-order valence-electron chi connectivity index (χ2n) is 16.2. The van der Waals surface area contributed by atoms with Gasteiger partial charge >= 0.3 is 0 Å². The average Bonchev–Trinajstić information content (AvgIpc) is 3.71. The van der Waals surface area contributed by atoms with Gasteiger partial charge in [0.1, 0.15) is 22.9 Å². The Labute approximate surface area is 361 Å². The molecule has 3 aliphatic heterocycles. The highest BCUT2D eigenvalue weighted by Crippen LogP contribution is 2.39. The molecule has 3 aliphatic rings. The molecule has 2 aromatic carbocycles. The highest BCUT2D eigenvalue weighted by Gasteiger charge is 2.33. The number of rotatable bonds is 17. The monoisotopic (exact) mass is 853 g/mol. The first-order valence-corrected chi connectivity index (χ1v) is 22.6. The summed E-state index contributed by atoms with van der Waals surface area (Å²) in [6, 6.07) is 14.7. The first-order valence-electron chi connectivity index (χ1n) is 21.4. The van der Waals surface area contributed by atoms with Crippen LogP contribution in [0.1, 0.15) is 109 Å². The molecule has 0 bridgehead atoms. The predicted molar refractivity (Wildman–Crippen MR) is 236 cm³/mol. The number of nitrogens with zero attached hydrogens (tertiary/aromatic N) is 6. The van der Waals surface area contributed by atoms with Gasteiger partial charge in [0.2, 0.25) is 23.6 Å². The molecule has 0 spiro atoms. The maximum Gasteiger partial charge on any atom is 0.249 e. The number of thiophene rings is 1. The van der Waals surface area contributed by atoms with Crippen molar-refractivity contribution in [2.45, 2.75) is 103 Å². The zero-order valence-electron chi connectivity index (χ0n) is 34.9. The fourth-order valence-corrected chi connectivity index (χ4v) is 9.65. The molecule has 0 radical (unpaired) electrons. The van der Waals surface area contributed by atoms with Crippen LogP contribution in [0.2, 0.25) is 5.02 Å². The average molecular weight is 855 g/mol. The Morgan fingerprint density at radius 3 is 2.38 bits per heavy atom. The lowest BCUT2D eigenvalue weighted by Gasteiger charge is -2.36. The van der Waals surface area contributed by atoms with Gasteiger partial charge in [-0.3, -0.25) is 39.0 Å². The van der Waals surface area contributed by atoms with Gasteiger partial charge < -0.3 is 15.5 Å². The third kappa shape index (κ3) is 10.7. The minimum absolute atomic E-state index is 0.0352. The van der Waals surface area contributed by atoms with Crippen LogP contribution in [0, 0.1) is 20.8 Å². The van der Waals surface area contributed by atoms with Crippen LogP contribution in [0.4, 0.5) is 5.69 Å². The predicted octanol–water partition coefficient (Wildman–Crippen LogP) is 6.32. The second-order valence-corrected chi connectivity index (χ2v) is 17.8. The summed E-state index contributed by atoms with van der Waals surface area (Å²) in [7, 11) is 0. The number of aryl methyl sites for hydroxylation is 2. The minimum Gasteiger partial charge on any atom is -0.369 e. The molecule has 4 amide bonds. The summed E-state index contributed by atoms with van der Waals surface area (Å²) in [6.07, 6.45) is 8.98. The number of hydrogen-bond acceptors (Lipinski definition) is 10. The Balaban J connectivity index is 0.774. The van der Waals surface area contributed by atoms with E-state index in [-0.39, 0.29) is 37.0 Å². The number of piperazine rings is 1. The summed E-state index contributed by atoms with van der Waals surface area (Å²) in [5.41, 5.74) is 6.05. The lowest BCUT2D eigenvalue weighted by atomic mass is 9.99. The maximum atomic E-state index is 13.3. The van der Waals surface area contributed by atoms with Crippen molar-refractivity contribution in [3.8, 4) is 5.00 Å². The van der Waals surface area contributed by atoms with E-state index in [1.165, 1.54) is 36.1 Å². The van der Waals surface area contributed by atoms with Crippen LogP contribution in [-0.2, 0) is 25.6 Å². The Bertz CT molecular complexity index is 2210. The number of hydrogen-bond donors (Lipinski definition) is 3. The lowest BCUT2D eigenvalue weighted by Crippen LogP contribution is -2.52. The van der Waals surface area contributed by atoms with E-state index in [0.29, 0.717) is 23.8 Å². The highest BCUT2D eigenvalue weighted by atomic mass is 35.5. The van der Waals surface area contributed by atoms with Gasteiger partial charge in [-0.2, -0.15) is 0 Å². The molecule has 0 saturated carbocycles. The van der Waals surface area contributed by atoms with E-state index in [0.717, 1.165) is 90.9 Å². The van der Waals surface area contributed by atoms with E-state index in [2.05, 4.69) is 66.5 Å². The number of imide groups is 1. The molecule has 0 aliphatic carbocycles. The summed E-state index contributed by atoms with van der Waals surface area (Å²) in [5, 5.41) is 18.8. The number of amides is 4. The lowest BCUT2D eigenvalue weighted by molar-refractivity contribution is -0.137. The van der Waals surface area contributed by atoms with Crippen LogP contribution in [0.3, 0.4) is 0 Å². The first-order chi connectivity index (χ1) is 29.0. The van der Waals surface area contributed by atoms with Crippen molar-refractivity contribution < 1.29 is 19.2 Å². The number of carbonyl (C=O) groups excluding carboxylic acids is 4. The molecule has 4 aromatic rings. The quantitative estimate of drug-likeness (QED) is 0.0824. The van der Waals surface area contributed by atoms with E-state index < -0.39 is 18.0 Å². The standard InChI is InChI=1S/C45H56ClN9O4S/c1-29-30(2)60-45-41(29)42(33-14-16-34(46)17-15-33)49-37(43-52-51-31(3)55(43)45)28-39(57)47-20-9-7-5-4-6-8-10-21-53-22-24-54(25-23-53)35-13-11-12-32(26-35)27-40(58)48-36-18-19-38(56)50-44(36)59/h11-17,26,36-37H,4-10,18-25,27-28H2,1-3H3,(H,47,57)(H,48,58)(H,50,56,59)/t36?,37-/m0/s1. The molecule has 60 heavy (non-hydrogen) atoms. The minimum atomic E-state index is -0.657. The van der Waals surface area contributed by atoms with Gasteiger partial charge in [-0.15, -0.1) is 21.5 Å². The molecular formula is C45H56ClN9O4S. The van der Waals surface area contributed by atoms with Crippen LogP contribution in [-0.4, -0.2) is 94.3 Å². The Morgan fingerprint density at radius 2 is 1.63 bits per heavy atom. The summed E-state index contributed by atoms with van der Waals surface area (Å²) < 4.78 is 2.08. The molecule has 318 valence electrons. The fourth-order valence-electron chi connectivity index (χ4n) is 8.31. The number of anilines is 1. The van der Waals surface area contributed by atoms with Crippen molar-refractivity contribution >= 4 is 58.0 Å². The Hall–Kier alpha value is -4.92. The number of piperidine rings is 1. The molecule has 15 heteroatoms. The molecule has 2 atom stereocenters. The molecular weight excluding hydrogens is 798 g/mol. The Morgan fingerprint density at radius 1 is 0.900 bits per heavy atom. The van der Waals surface area contributed by atoms with Crippen molar-refractivity contribution in [3.63, 3.8) is 0 Å². The number of unbranched alkanes of at least 4 members (excludes halogenated alkanes) is 6. The SMILES string of the molecule is Cc1sc2c(c1C)C(c1ccc(Cl)cc1)=N[C@@H](CC(=O)NCCCCCCCCCN1CCN(c3cccc(CC(=O)NC4CCC(=O)NC4=O)c3)CC1)c1nnc(C)n1-2. The highest BCUT2D eigenvalue weighted by molar-refractivity contribution is 7.15. The van der Waals surface area contributed by atoms with Gasteiger partial charge in [0.15, 0.2) is 5.82 Å². The number of carbonyl (C=O) groups is 4. The second kappa shape index (κ2) is 20.1. The van der Waals surface area contributed by atoms with Crippen molar-refractivity contribution in [1.82, 2.24) is 35.6 Å². The molecule has 3 N–H and O–H groups in total. The van der Waals surface area contributed by atoms with E-state index in [1.54, 1.807) is 11.3 Å². The number of aliphatic imine (C=N–C) groups is 1. The van der Waals surface area contributed by atoms with Gasteiger partial charge in [-0.05, 0) is 82.0 Å². The van der Waals surface area contributed by atoms with Crippen LogP contribution >= 0.6 is 22.9 Å². The van der Waals surface area contributed by atoms with Crippen molar-refractivity contribution in [1.29, 1.82) is 0 Å². The maximum absolute atomic E-state index is 13.3. The first kappa shape index (κ1) is 43.2. The molecule has 7 rings (SSSR count). The molecule has 2 aromatic heterocycles. The van der Waals surface area contributed by atoms with Crippen molar-refractivity contribution in [2.75, 3.05) is 44.2 Å². The Kier molecular flexibility index (Phi) is 14.5. The number of benzene rings is 2. The van der Waals surface area contributed by atoms with Gasteiger partial charge in [-0.25, -0.2) is 0 Å². The summed E-state index contributed by atoms with van der Waals surface area (Å²) in [5.74, 6) is 0.483. The largest absolute Gasteiger partial charge is 0.369 e. The fraction of sp³-hybridized carbons (Fsp3) is 0.489. The number of nitrogens with one attached hydrogen (secondary N) is 3. The van der Waals surface area contributed by atoms with Crippen molar-refractivity contribution in [2.24, 2.45) is 4.99 Å². The van der Waals surface area contributed by atoms with Crippen LogP contribution < -0.4 is 20.9 Å². The smallest absolute Gasteiger partial charge is 0.249 e. The third-order valence-electron chi connectivity index (χ3n) is 11.8. The zero-order valence-corrected chi connectivity index (χ0v) is 36.5. The van der Waals surface area contributed by atoms with E-state index >= 15 is 0 Å². The van der Waals surface area contributed by atoms with Crippen LogP contribution in [0.25, 0.3) is 5.00 Å². The molecule has 2 fully saturated rings. The van der Waals surface area contributed by atoms with Gasteiger partial charge in [0.25, 0.3) is 0 Å². The number of halogens is 1. The van der Waals surface area contributed by atoms with E-state index in [4.69, 9.17) is 16.6 Å². The normalized spacial score (nSPS) is 18.0. The zero-order chi connectivity index (χ0) is 42.2. The molecule has 1 unspecified atom stereocenters. The van der Waals surface area contributed by atoms with Gasteiger partial charge in [0.05, 0.1) is 18.6 Å². The summed E-state index contributed by atoms with van der Waals surface area (Å²) in [6.45, 7) is 11.9. The molecule has 13 nitrogen and oxygen atoms in total. The van der Waals surface area contributed by atoms with Crippen molar-refractivity contribution in [3.05, 3.63) is 92.3 Å². The topological polar surface area (TPSA) is 154 Å². The number of fused-ring (bicyclic) bond motifs is 3. The molecule has 5 heterocycles. The van der Waals surface area contributed by atoms with Gasteiger partial charge in [-0.1, -0.05) is 68.0 Å². The summed E-state index contributed by atoms with van der Waals surface area (Å²) >= 11 is 7.95. The molecule has 2 saturated heterocycles. The van der Waals surface area contributed by atoms with Gasteiger partial charge in [0, 0.05) is 65.9 Å². The van der Waals surface area contributed by atoms with E-state index in [9.17, 15) is 19.2 Å². The third-order valence-corrected chi connectivity index (χ3v) is 13.2.